The van der Waals surface area contributed by atoms with E-state index in [1.165, 1.54) is 0 Å². The maximum Gasteiger partial charge on any atom is 0.408 e. The minimum atomic E-state index is -0.560. The van der Waals surface area contributed by atoms with Crippen LogP contribution >= 0.6 is 0 Å². The Bertz CT molecular complexity index is 688. The molecule has 4 nitrogen and oxygen atoms in total. The van der Waals surface area contributed by atoms with Gasteiger partial charge in [-0.2, -0.15) is 0 Å². The van der Waals surface area contributed by atoms with Crippen molar-refractivity contribution in [2.45, 2.75) is 45.4 Å². The van der Waals surface area contributed by atoms with Crippen LogP contribution in [0.1, 0.15) is 44.4 Å². The topological polar surface area (TPSA) is 64.3 Å². The number of hydrogen-bond acceptors (Lipinski definition) is 3. The summed E-state index contributed by atoms with van der Waals surface area (Å²) in [7, 11) is 0. The summed E-state index contributed by atoms with van der Waals surface area (Å²) in [5.41, 5.74) is 8.14. The Hall–Kier alpha value is -2.33. The number of carbonyl (C=O) groups is 1. The van der Waals surface area contributed by atoms with Gasteiger partial charge in [0.15, 0.2) is 0 Å². The fourth-order valence-electron chi connectivity index (χ4n) is 2.40. The van der Waals surface area contributed by atoms with Gasteiger partial charge in [0.25, 0.3) is 0 Å². The minimum absolute atomic E-state index is 0.249. The standard InChI is InChI=1S/C20H26N2O2/c1-19(2,21)16-11-8-12-17(13-16)20(3,4)22-18(23)24-14-15-9-6-5-7-10-15/h5-13H,14,21H2,1-4H3,(H,22,23). The lowest BCUT2D eigenvalue weighted by atomic mass is 9.88. The zero-order valence-electron chi connectivity index (χ0n) is 14.8. The lowest BCUT2D eigenvalue weighted by Gasteiger charge is -2.28. The third kappa shape index (κ3) is 4.83. The molecule has 0 aliphatic rings. The number of rotatable bonds is 5. The molecule has 0 saturated carbocycles. The van der Waals surface area contributed by atoms with Crippen LogP contribution in [-0.4, -0.2) is 6.09 Å². The largest absolute Gasteiger partial charge is 0.445 e. The van der Waals surface area contributed by atoms with Crippen LogP contribution in [-0.2, 0) is 22.4 Å². The summed E-state index contributed by atoms with van der Waals surface area (Å²) >= 11 is 0. The van der Waals surface area contributed by atoms with Crippen molar-refractivity contribution in [2.75, 3.05) is 0 Å². The van der Waals surface area contributed by atoms with Gasteiger partial charge in [-0.1, -0.05) is 54.6 Å². The molecular weight excluding hydrogens is 300 g/mol. The highest BCUT2D eigenvalue weighted by atomic mass is 16.5. The van der Waals surface area contributed by atoms with Gasteiger partial charge in [-0.3, -0.25) is 0 Å². The van der Waals surface area contributed by atoms with Gasteiger partial charge < -0.3 is 15.8 Å². The van der Waals surface area contributed by atoms with Gasteiger partial charge in [-0.05, 0) is 44.4 Å². The lowest BCUT2D eigenvalue weighted by Crippen LogP contribution is -2.41. The van der Waals surface area contributed by atoms with E-state index < -0.39 is 17.2 Å². The highest BCUT2D eigenvalue weighted by molar-refractivity contribution is 5.68. The number of benzene rings is 2. The van der Waals surface area contributed by atoms with Crippen molar-refractivity contribution in [3.8, 4) is 0 Å². The quantitative estimate of drug-likeness (QED) is 0.871. The summed E-state index contributed by atoms with van der Waals surface area (Å²) in [6.07, 6.45) is -0.443. The zero-order chi connectivity index (χ0) is 17.8. The third-order valence-corrected chi connectivity index (χ3v) is 3.96. The van der Waals surface area contributed by atoms with Crippen LogP contribution in [0.2, 0.25) is 0 Å². The van der Waals surface area contributed by atoms with E-state index in [0.717, 1.165) is 16.7 Å². The first-order valence-corrected chi connectivity index (χ1v) is 8.07. The van der Waals surface area contributed by atoms with Crippen LogP contribution in [0.3, 0.4) is 0 Å². The molecule has 0 aromatic heterocycles. The van der Waals surface area contributed by atoms with E-state index in [0.29, 0.717) is 0 Å². The van der Waals surface area contributed by atoms with Crippen molar-refractivity contribution in [3.05, 3.63) is 71.3 Å². The van der Waals surface area contributed by atoms with E-state index in [9.17, 15) is 4.79 Å². The van der Waals surface area contributed by atoms with Gasteiger partial charge in [-0.15, -0.1) is 0 Å². The van der Waals surface area contributed by atoms with Crippen LogP contribution in [0.15, 0.2) is 54.6 Å². The predicted molar refractivity (Wildman–Crippen MR) is 96.4 cm³/mol. The third-order valence-electron chi connectivity index (χ3n) is 3.96. The molecule has 0 bridgehead atoms. The van der Waals surface area contributed by atoms with E-state index >= 15 is 0 Å². The molecule has 0 saturated heterocycles. The number of carbonyl (C=O) groups excluding carboxylic acids is 1. The van der Waals surface area contributed by atoms with Gasteiger partial charge >= 0.3 is 6.09 Å². The van der Waals surface area contributed by atoms with Crippen LogP contribution in [0, 0.1) is 0 Å². The normalized spacial score (nSPS) is 11.9. The Morgan fingerprint density at radius 1 is 1.00 bits per heavy atom. The van der Waals surface area contributed by atoms with E-state index in [1.54, 1.807) is 0 Å². The van der Waals surface area contributed by atoms with Gasteiger partial charge in [0.2, 0.25) is 0 Å². The first kappa shape index (κ1) is 18.0. The molecule has 2 aromatic carbocycles. The molecule has 2 aromatic rings. The highest BCUT2D eigenvalue weighted by Gasteiger charge is 2.25. The van der Waals surface area contributed by atoms with Crippen molar-refractivity contribution in [2.24, 2.45) is 5.73 Å². The monoisotopic (exact) mass is 326 g/mol. The Labute approximate surface area is 144 Å². The SMILES string of the molecule is CC(C)(N)c1cccc(C(C)(C)NC(=O)OCc2ccccc2)c1. The molecule has 0 spiro atoms. The predicted octanol–water partition coefficient (Wildman–Crippen LogP) is 4.04. The Kier molecular flexibility index (Phi) is 5.30. The first-order chi connectivity index (χ1) is 11.2. The summed E-state index contributed by atoms with van der Waals surface area (Å²) in [5.74, 6) is 0. The molecule has 0 heterocycles. The second-order valence-electron chi connectivity index (χ2n) is 7.11. The van der Waals surface area contributed by atoms with Gasteiger partial charge in [-0.25, -0.2) is 4.79 Å². The molecular formula is C20H26N2O2. The van der Waals surface area contributed by atoms with Crippen LogP contribution < -0.4 is 11.1 Å². The van der Waals surface area contributed by atoms with Crippen LogP contribution in [0.25, 0.3) is 0 Å². The van der Waals surface area contributed by atoms with Gasteiger partial charge in [0.05, 0.1) is 5.54 Å². The summed E-state index contributed by atoms with van der Waals surface area (Å²) in [5, 5.41) is 2.92. The summed E-state index contributed by atoms with van der Waals surface area (Å²) < 4.78 is 5.31. The molecule has 2 rings (SSSR count). The molecule has 1 amide bonds. The van der Waals surface area contributed by atoms with Gasteiger partial charge in [0, 0.05) is 5.54 Å². The molecule has 0 aliphatic carbocycles. The molecule has 0 unspecified atom stereocenters. The molecule has 0 atom stereocenters. The Balaban J connectivity index is 2.03. The second kappa shape index (κ2) is 7.05. The lowest BCUT2D eigenvalue weighted by molar-refractivity contribution is 0.129. The van der Waals surface area contributed by atoms with Crippen molar-refractivity contribution in [1.29, 1.82) is 0 Å². The maximum absolute atomic E-state index is 12.1. The highest BCUT2D eigenvalue weighted by Crippen LogP contribution is 2.25. The number of ether oxygens (including phenoxy) is 1. The van der Waals surface area contributed by atoms with Crippen molar-refractivity contribution >= 4 is 6.09 Å². The number of nitrogens with one attached hydrogen (secondary N) is 1. The Morgan fingerprint density at radius 2 is 1.62 bits per heavy atom. The molecule has 0 aliphatic heterocycles. The molecule has 3 N–H and O–H groups in total. The van der Waals surface area contributed by atoms with E-state index in [4.69, 9.17) is 10.5 Å². The fourth-order valence-corrected chi connectivity index (χ4v) is 2.40. The van der Waals surface area contributed by atoms with Crippen molar-refractivity contribution in [1.82, 2.24) is 5.32 Å². The van der Waals surface area contributed by atoms with E-state index in [-0.39, 0.29) is 6.61 Å². The molecule has 0 fully saturated rings. The number of alkyl carbamates (subject to hydrolysis) is 1. The average molecular weight is 326 g/mol. The molecule has 4 heteroatoms. The summed E-state index contributed by atoms with van der Waals surface area (Å²) in [6, 6.07) is 17.6. The first-order valence-electron chi connectivity index (χ1n) is 8.07. The minimum Gasteiger partial charge on any atom is -0.445 e. The van der Waals surface area contributed by atoms with E-state index in [1.807, 2.05) is 82.3 Å². The van der Waals surface area contributed by atoms with E-state index in [2.05, 4.69) is 5.32 Å². The molecule has 128 valence electrons. The Morgan fingerprint density at radius 3 is 2.25 bits per heavy atom. The fraction of sp³-hybridized carbons (Fsp3) is 0.350. The van der Waals surface area contributed by atoms with Gasteiger partial charge in [0.1, 0.15) is 6.61 Å². The maximum atomic E-state index is 12.1. The summed E-state index contributed by atoms with van der Waals surface area (Å²) in [6.45, 7) is 8.05. The smallest absolute Gasteiger partial charge is 0.408 e. The second-order valence-corrected chi connectivity index (χ2v) is 7.11. The number of nitrogens with two attached hydrogens (primary N) is 1. The van der Waals surface area contributed by atoms with Crippen molar-refractivity contribution in [3.63, 3.8) is 0 Å². The molecule has 0 radical (unpaired) electrons. The number of hydrogen-bond donors (Lipinski definition) is 2. The molecule has 24 heavy (non-hydrogen) atoms. The number of amides is 1. The van der Waals surface area contributed by atoms with Crippen LogP contribution in [0.5, 0.6) is 0 Å². The van der Waals surface area contributed by atoms with Crippen molar-refractivity contribution < 1.29 is 9.53 Å². The summed E-state index contributed by atoms with van der Waals surface area (Å²) in [4.78, 5) is 12.1. The average Bonchev–Trinajstić information content (AvgIpc) is 2.53. The zero-order valence-corrected chi connectivity index (χ0v) is 14.8. The van der Waals surface area contributed by atoms with Crippen LogP contribution in [0.4, 0.5) is 4.79 Å².